The SMILES string of the molecule is O=C(N1CC(F)CC1c1cccc(F)c1)C12CC(COc3ncc(F)cn3)C(C1)C2. The molecule has 1 aromatic carbocycles. The summed E-state index contributed by atoms with van der Waals surface area (Å²) in [6.45, 7) is 0.418. The van der Waals surface area contributed by atoms with Crippen LogP contribution in [0.2, 0.25) is 0 Å². The van der Waals surface area contributed by atoms with Gasteiger partial charge in [0.25, 0.3) is 0 Å². The van der Waals surface area contributed by atoms with E-state index in [0.29, 0.717) is 24.5 Å². The van der Waals surface area contributed by atoms with Gasteiger partial charge in [-0.3, -0.25) is 4.79 Å². The zero-order valence-electron chi connectivity index (χ0n) is 16.3. The molecular weight excluding hydrogens is 395 g/mol. The second-order valence-electron chi connectivity index (χ2n) is 8.77. The highest BCUT2D eigenvalue weighted by atomic mass is 19.1. The van der Waals surface area contributed by atoms with Crippen molar-refractivity contribution in [3.8, 4) is 6.01 Å². The monoisotopic (exact) mass is 417 g/mol. The van der Waals surface area contributed by atoms with Gasteiger partial charge in [-0.1, -0.05) is 12.1 Å². The van der Waals surface area contributed by atoms with E-state index in [-0.39, 0.29) is 36.6 Å². The summed E-state index contributed by atoms with van der Waals surface area (Å²) in [4.78, 5) is 22.6. The van der Waals surface area contributed by atoms with Crippen LogP contribution in [0.3, 0.4) is 0 Å². The standard InChI is InChI=1S/C22H22F3N3O2/c23-16-3-1-2-13(4-16)19-5-17(24)11-28(19)20(29)22-6-14(7-22)15(8-22)12-30-21-26-9-18(25)10-27-21/h1-4,9-10,14-15,17,19H,5-8,11-12H2. The summed E-state index contributed by atoms with van der Waals surface area (Å²) in [5.41, 5.74) is 0.153. The number of halogens is 3. The Morgan fingerprint density at radius 2 is 1.93 bits per heavy atom. The third-order valence-corrected chi connectivity index (χ3v) is 6.85. The topological polar surface area (TPSA) is 55.3 Å². The Labute approximate surface area is 172 Å². The molecule has 0 radical (unpaired) electrons. The van der Waals surface area contributed by atoms with Gasteiger partial charge in [0, 0.05) is 6.42 Å². The molecular formula is C22H22F3N3O2. The molecule has 0 spiro atoms. The van der Waals surface area contributed by atoms with Gasteiger partial charge in [0.05, 0.1) is 37.0 Å². The molecule has 6 rings (SSSR count). The van der Waals surface area contributed by atoms with E-state index in [1.54, 1.807) is 17.0 Å². The minimum Gasteiger partial charge on any atom is -0.463 e. The summed E-state index contributed by atoms with van der Waals surface area (Å²) in [5, 5.41) is 0. The first-order chi connectivity index (χ1) is 14.4. The molecule has 1 aliphatic heterocycles. The fourth-order valence-electron chi connectivity index (χ4n) is 5.47. The first-order valence-electron chi connectivity index (χ1n) is 10.2. The van der Waals surface area contributed by atoms with E-state index >= 15 is 0 Å². The molecule has 3 unspecified atom stereocenters. The summed E-state index contributed by atoms with van der Waals surface area (Å²) in [5.74, 6) is -0.400. The molecule has 1 amide bonds. The lowest BCUT2D eigenvalue weighted by atomic mass is 9.68. The molecule has 1 aromatic heterocycles. The largest absolute Gasteiger partial charge is 0.463 e. The van der Waals surface area contributed by atoms with E-state index in [1.807, 2.05) is 0 Å². The summed E-state index contributed by atoms with van der Waals surface area (Å²) >= 11 is 0. The Bertz CT molecular complexity index is 949. The van der Waals surface area contributed by atoms with E-state index in [9.17, 15) is 18.0 Å². The van der Waals surface area contributed by atoms with E-state index in [0.717, 1.165) is 25.2 Å². The van der Waals surface area contributed by atoms with Crippen LogP contribution in [0.25, 0.3) is 0 Å². The Balaban J connectivity index is 1.26. The molecule has 8 heteroatoms. The second-order valence-corrected chi connectivity index (χ2v) is 8.77. The number of ether oxygens (including phenoxy) is 1. The lowest BCUT2D eigenvalue weighted by Gasteiger charge is -2.41. The number of amides is 1. The lowest BCUT2D eigenvalue weighted by Crippen LogP contribution is -2.46. The maximum Gasteiger partial charge on any atom is 0.316 e. The van der Waals surface area contributed by atoms with Gasteiger partial charge in [-0.15, -0.1) is 0 Å². The van der Waals surface area contributed by atoms with Crippen molar-refractivity contribution in [2.75, 3.05) is 13.2 Å². The molecule has 3 saturated carbocycles. The first kappa shape index (κ1) is 19.3. The Kier molecular flexibility index (Phi) is 4.67. The van der Waals surface area contributed by atoms with Crippen molar-refractivity contribution < 1.29 is 22.7 Å². The third-order valence-electron chi connectivity index (χ3n) is 6.85. The number of likely N-dealkylation sites (tertiary alicyclic amines) is 1. The average molecular weight is 417 g/mol. The Hall–Kier alpha value is -2.64. The number of fused-ring (bicyclic) bond motifs is 1. The van der Waals surface area contributed by atoms with Crippen LogP contribution in [0, 0.1) is 28.9 Å². The number of nitrogens with zero attached hydrogens (tertiary/aromatic N) is 3. The van der Waals surface area contributed by atoms with Crippen LogP contribution in [0.4, 0.5) is 13.2 Å². The first-order valence-corrected chi connectivity index (χ1v) is 10.2. The van der Waals surface area contributed by atoms with Gasteiger partial charge in [-0.25, -0.2) is 23.1 Å². The van der Waals surface area contributed by atoms with Gasteiger partial charge in [0.2, 0.25) is 5.91 Å². The van der Waals surface area contributed by atoms with Gasteiger partial charge in [-0.2, -0.15) is 0 Å². The van der Waals surface area contributed by atoms with Crippen molar-refractivity contribution in [3.63, 3.8) is 0 Å². The van der Waals surface area contributed by atoms with Gasteiger partial charge in [-0.05, 0) is 48.8 Å². The van der Waals surface area contributed by atoms with E-state index < -0.39 is 23.4 Å². The zero-order valence-corrected chi connectivity index (χ0v) is 16.3. The molecule has 4 fully saturated rings. The van der Waals surface area contributed by atoms with Crippen molar-refractivity contribution in [1.29, 1.82) is 0 Å². The smallest absolute Gasteiger partial charge is 0.316 e. The number of benzene rings is 1. The summed E-state index contributed by atoms with van der Waals surface area (Å²) in [6, 6.07) is 5.77. The highest BCUT2D eigenvalue weighted by Crippen LogP contribution is 2.63. The Morgan fingerprint density at radius 3 is 2.67 bits per heavy atom. The predicted octanol–water partition coefficient (Wildman–Crippen LogP) is 3.86. The number of carbonyl (C=O) groups is 1. The molecule has 2 aromatic rings. The lowest BCUT2D eigenvalue weighted by molar-refractivity contribution is -0.147. The molecule has 4 aliphatic rings. The molecule has 1 saturated heterocycles. The van der Waals surface area contributed by atoms with Gasteiger partial charge in [0.15, 0.2) is 5.82 Å². The summed E-state index contributed by atoms with van der Waals surface area (Å²) < 4.78 is 46.5. The molecule has 2 heterocycles. The summed E-state index contributed by atoms with van der Waals surface area (Å²) in [6.07, 6.45) is 3.38. The minimum absolute atomic E-state index is 0.0336. The second kappa shape index (κ2) is 7.25. The van der Waals surface area contributed by atoms with E-state index in [2.05, 4.69) is 9.97 Å². The van der Waals surface area contributed by atoms with Crippen LogP contribution < -0.4 is 4.74 Å². The maximum atomic E-state index is 14.3. The number of carbonyl (C=O) groups excluding carboxylic acids is 1. The van der Waals surface area contributed by atoms with Crippen molar-refractivity contribution in [2.45, 2.75) is 37.9 Å². The number of hydrogen-bond donors (Lipinski definition) is 0. The number of hydrogen-bond acceptors (Lipinski definition) is 4. The van der Waals surface area contributed by atoms with Crippen molar-refractivity contribution in [2.24, 2.45) is 17.3 Å². The van der Waals surface area contributed by atoms with Crippen LogP contribution in [0.1, 0.15) is 37.3 Å². The van der Waals surface area contributed by atoms with Crippen molar-refractivity contribution >= 4 is 5.91 Å². The number of aromatic nitrogens is 2. The molecule has 0 N–H and O–H groups in total. The molecule has 3 aliphatic carbocycles. The molecule has 30 heavy (non-hydrogen) atoms. The molecule has 5 nitrogen and oxygen atoms in total. The van der Waals surface area contributed by atoms with E-state index in [4.69, 9.17) is 4.74 Å². The van der Waals surface area contributed by atoms with Crippen molar-refractivity contribution in [1.82, 2.24) is 14.9 Å². The van der Waals surface area contributed by atoms with Gasteiger partial charge >= 0.3 is 6.01 Å². The van der Waals surface area contributed by atoms with Gasteiger partial charge in [0.1, 0.15) is 12.0 Å². The Morgan fingerprint density at radius 1 is 1.17 bits per heavy atom. The number of alkyl halides is 1. The zero-order chi connectivity index (χ0) is 20.9. The molecule has 158 valence electrons. The minimum atomic E-state index is -1.11. The fourth-order valence-corrected chi connectivity index (χ4v) is 5.47. The third kappa shape index (κ3) is 3.32. The normalized spacial score (nSPS) is 32.2. The quantitative estimate of drug-likeness (QED) is 0.741. The predicted molar refractivity (Wildman–Crippen MR) is 101 cm³/mol. The average Bonchev–Trinajstić information content (AvgIpc) is 3.38. The molecule has 3 atom stereocenters. The van der Waals surface area contributed by atoms with Gasteiger partial charge < -0.3 is 9.64 Å². The highest BCUT2D eigenvalue weighted by molar-refractivity contribution is 5.85. The van der Waals surface area contributed by atoms with E-state index in [1.165, 1.54) is 12.1 Å². The van der Waals surface area contributed by atoms with Crippen LogP contribution in [0.5, 0.6) is 6.01 Å². The van der Waals surface area contributed by atoms with Crippen LogP contribution in [0.15, 0.2) is 36.7 Å². The maximum absolute atomic E-state index is 14.3. The van der Waals surface area contributed by atoms with Crippen LogP contribution in [-0.2, 0) is 4.79 Å². The highest BCUT2D eigenvalue weighted by Gasteiger charge is 2.62. The molecule has 2 bridgehead atoms. The number of rotatable bonds is 5. The fraction of sp³-hybridized carbons (Fsp3) is 0.500. The van der Waals surface area contributed by atoms with Crippen LogP contribution >= 0.6 is 0 Å². The summed E-state index contributed by atoms with van der Waals surface area (Å²) in [7, 11) is 0. The van der Waals surface area contributed by atoms with Crippen molar-refractivity contribution in [3.05, 3.63) is 53.9 Å². The van der Waals surface area contributed by atoms with Crippen LogP contribution in [-0.4, -0.2) is 40.1 Å².